The summed E-state index contributed by atoms with van der Waals surface area (Å²) >= 11 is 0. The lowest BCUT2D eigenvalue weighted by Crippen LogP contribution is -2.61. The Morgan fingerprint density at radius 1 is 0.667 bits per heavy atom. The van der Waals surface area contributed by atoms with Crippen molar-refractivity contribution in [2.24, 2.45) is 38.7 Å². The van der Waals surface area contributed by atoms with Crippen LogP contribution in [0.3, 0.4) is 0 Å². The van der Waals surface area contributed by atoms with Gasteiger partial charge in [-0.2, -0.15) is 0 Å². The molecule has 2 aromatic heterocycles. The van der Waals surface area contributed by atoms with Gasteiger partial charge in [0.2, 0.25) is 53.2 Å². The Hall–Kier alpha value is -9.56. The van der Waals surface area contributed by atoms with Crippen LogP contribution in [0.4, 0.5) is 0 Å². The fourth-order valence-electron chi connectivity index (χ4n) is 9.33. The number of fused-ring (bicyclic) bond motifs is 2. The van der Waals surface area contributed by atoms with Gasteiger partial charge in [0.1, 0.15) is 42.3 Å². The number of nitrogens with zero attached hydrogens (tertiary/aromatic N) is 3. The minimum atomic E-state index is -1.66. The molecule has 7 atom stereocenters. The molecule has 1 aliphatic heterocycles. The second kappa shape index (κ2) is 30.0. The van der Waals surface area contributed by atoms with Crippen molar-refractivity contribution in [1.29, 1.82) is 0 Å². The average Bonchev–Trinajstić information content (AvgIpc) is 4.29. The number of nitrogens with two attached hydrogens (primary N) is 5. The Bertz CT molecular complexity index is 3070. The van der Waals surface area contributed by atoms with Crippen molar-refractivity contribution in [1.82, 2.24) is 57.5 Å². The van der Waals surface area contributed by atoms with Crippen LogP contribution in [-0.4, -0.2) is 142 Å². The minimum absolute atomic E-state index is 0.00759. The van der Waals surface area contributed by atoms with Gasteiger partial charge in [0.15, 0.2) is 11.9 Å². The molecule has 20 N–H and O–H groups in total. The summed E-state index contributed by atoms with van der Waals surface area (Å²) in [7, 11) is 0. The number of aromatic amines is 2. The number of imidazole rings is 1. The molecule has 9 amide bonds. The largest absolute Gasteiger partial charge is 0.370 e. The number of rotatable bonds is 18. The second-order valence-corrected chi connectivity index (χ2v) is 19.7. The number of amides is 9. The van der Waals surface area contributed by atoms with Gasteiger partial charge in [-0.1, -0.05) is 60.7 Å². The van der Waals surface area contributed by atoms with Crippen molar-refractivity contribution in [3.05, 3.63) is 102 Å². The molecule has 3 heterocycles. The smallest absolute Gasteiger partial charge is 0.243 e. The zero-order valence-corrected chi connectivity index (χ0v) is 44.9. The first-order valence-corrected chi connectivity index (χ1v) is 26.6. The highest BCUT2D eigenvalue weighted by Gasteiger charge is 2.36. The maximum Gasteiger partial charge on any atom is 0.243 e. The maximum absolute atomic E-state index is 15.1. The quantitative estimate of drug-likeness (QED) is 0.0251. The molecule has 1 fully saturated rings. The van der Waals surface area contributed by atoms with E-state index in [-0.39, 0.29) is 95.8 Å². The van der Waals surface area contributed by atoms with E-state index in [9.17, 15) is 38.4 Å². The SMILES string of the molecule is CC(=O)NC(CCCN=C(N)N)C(=O)NC1CC(=O)NCCCCC(C(N)=O)NC(=O)C(Cc2c[nH]c3ccccc23)NC(=O)C(CCCN=C(N)N)NC(=O)C(Cc2cccc3ccccc23)NC(=O)C(Cc2cnc[nH]2)NC1=O. The molecule has 6 rings (SSSR count). The van der Waals surface area contributed by atoms with Crippen LogP contribution in [0.15, 0.2) is 95.4 Å². The molecule has 27 heteroatoms. The second-order valence-electron chi connectivity index (χ2n) is 19.7. The molecule has 0 bridgehead atoms. The van der Waals surface area contributed by atoms with Crippen molar-refractivity contribution in [2.45, 2.75) is 120 Å². The predicted molar refractivity (Wildman–Crippen MR) is 302 cm³/mol. The van der Waals surface area contributed by atoms with Crippen LogP contribution in [0, 0.1) is 0 Å². The van der Waals surface area contributed by atoms with Gasteiger partial charge in [-0.05, 0) is 72.9 Å². The lowest BCUT2D eigenvalue weighted by Gasteiger charge is -2.28. The Balaban J connectivity index is 1.41. The zero-order valence-electron chi connectivity index (χ0n) is 44.9. The summed E-state index contributed by atoms with van der Waals surface area (Å²) in [6.45, 7) is 1.35. The number of hydrogen-bond acceptors (Lipinski definition) is 12. The van der Waals surface area contributed by atoms with E-state index >= 15 is 4.79 Å². The summed E-state index contributed by atoms with van der Waals surface area (Å²) in [5.41, 5.74) is 30.4. The number of aromatic nitrogens is 3. The van der Waals surface area contributed by atoms with E-state index in [2.05, 4.69) is 67.5 Å². The highest BCUT2D eigenvalue weighted by atomic mass is 16.2. The first kappa shape index (κ1) is 60.7. The predicted octanol–water partition coefficient (Wildman–Crippen LogP) is -2.23. The van der Waals surface area contributed by atoms with Crippen LogP contribution in [0.1, 0.15) is 75.1 Å². The fourth-order valence-corrected chi connectivity index (χ4v) is 9.33. The molecule has 1 saturated heterocycles. The molecule has 0 saturated carbocycles. The molecule has 3 aromatic carbocycles. The van der Waals surface area contributed by atoms with Crippen molar-refractivity contribution >= 4 is 86.8 Å². The summed E-state index contributed by atoms with van der Waals surface area (Å²) in [5, 5.41) is 23.9. The van der Waals surface area contributed by atoms with Crippen LogP contribution >= 0.6 is 0 Å². The first-order chi connectivity index (χ1) is 38.8. The van der Waals surface area contributed by atoms with Crippen LogP contribution in [0.2, 0.25) is 0 Å². The maximum atomic E-state index is 15.1. The van der Waals surface area contributed by atoms with E-state index in [1.165, 1.54) is 19.4 Å². The number of nitrogens with one attached hydrogen (secondary N) is 10. The number of carbonyl (C=O) groups excluding carboxylic acids is 9. The summed E-state index contributed by atoms with van der Waals surface area (Å²) in [4.78, 5) is 145. The molecule has 7 unspecified atom stereocenters. The summed E-state index contributed by atoms with van der Waals surface area (Å²) in [6.07, 6.45) is 4.15. The van der Waals surface area contributed by atoms with Gasteiger partial charge in [-0.25, -0.2) is 4.98 Å². The molecular formula is C54H72N18O9. The number of carbonyl (C=O) groups is 9. The normalized spacial score (nSPS) is 20.5. The molecular weight excluding hydrogens is 1040 g/mol. The van der Waals surface area contributed by atoms with Gasteiger partial charge in [0.25, 0.3) is 0 Å². The van der Waals surface area contributed by atoms with Gasteiger partial charge >= 0.3 is 0 Å². The number of hydrogen-bond donors (Lipinski definition) is 15. The van der Waals surface area contributed by atoms with Crippen molar-refractivity contribution < 1.29 is 43.2 Å². The third kappa shape index (κ3) is 18.8. The van der Waals surface area contributed by atoms with Crippen molar-refractivity contribution in [3.63, 3.8) is 0 Å². The highest BCUT2D eigenvalue weighted by molar-refractivity contribution is 5.99. The van der Waals surface area contributed by atoms with E-state index in [4.69, 9.17) is 28.7 Å². The number of guanidine groups is 2. The highest BCUT2D eigenvalue weighted by Crippen LogP contribution is 2.22. The Morgan fingerprint density at radius 3 is 1.95 bits per heavy atom. The van der Waals surface area contributed by atoms with Gasteiger partial charge in [0, 0.05) is 74.8 Å². The van der Waals surface area contributed by atoms with Gasteiger partial charge in [-0.3, -0.25) is 53.1 Å². The Morgan fingerprint density at radius 2 is 1.27 bits per heavy atom. The van der Waals surface area contributed by atoms with Crippen molar-refractivity contribution in [2.75, 3.05) is 19.6 Å². The molecule has 0 radical (unpaired) electrons. The fraction of sp³-hybridized carbons (Fsp3) is 0.407. The molecule has 5 aromatic rings. The molecule has 432 valence electrons. The lowest BCUT2D eigenvalue weighted by molar-refractivity contribution is -0.136. The Labute approximate surface area is 466 Å². The average molecular weight is 1120 g/mol. The number of H-pyrrole nitrogens is 2. The third-order valence-corrected chi connectivity index (χ3v) is 13.4. The number of primary amides is 1. The number of benzene rings is 3. The van der Waals surface area contributed by atoms with E-state index in [0.717, 1.165) is 21.7 Å². The lowest BCUT2D eigenvalue weighted by atomic mass is 9.97. The molecule has 0 aliphatic carbocycles. The Kier molecular flexibility index (Phi) is 22.5. The topological polar surface area (TPSA) is 449 Å². The van der Waals surface area contributed by atoms with E-state index in [0.29, 0.717) is 16.8 Å². The van der Waals surface area contributed by atoms with Crippen LogP contribution in [0.25, 0.3) is 21.7 Å². The molecule has 1 aliphatic rings. The van der Waals surface area contributed by atoms with Crippen molar-refractivity contribution in [3.8, 4) is 0 Å². The van der Waals surface area contributed by atoms with Gasteiger partial charge < -0.3 is 81.2 Å². The van der Waals surface area contributed by atoms with E-state index in [1.807, 2.05) is 54.6 Å². The minimum Gasteiger partial charge on any atom is -0.370 e. The third-order valence-electron chi connectivity index (χ3n) is 13.4. The monoisotopic (exact) mass is 1120 g/mol. The van der Waals surface area contributed by atoms with E-state index in [1.54, 1.807) is 18.3 Å². The number of aliphatic imine (C=N–C) groups is 2. The van der Waals surface area contributed by atoms with Crippen LogP contribution < -0.4 is 71.2 Å². The van der Waals surface area contributed by atoms with Crippen LogP contribution in [0.5, 0.6) is 0 Å². The zero-order chi connectivity index (χ0) is 58.4. The summed E-state index contributed by atoms with van der Waals surface area (Å²) in [5.74, 6) is -7.69. The first-order valence-electron chi connectivity index (χ1n) is 26.6. The van der Waals surface area contributed by atoms with Gasteiger partial charge in [0.05, 0.1) is 12.7 Å². The van der Waals surface area contributed by atoms with E-state index < -0.39 is 102 Å². The standard InChI is InChI=1S/C54H72N18O9/c1-30(73)66-39(18-9-21-62-53(56)57)47(76)72-44-26-45(74)61-20-7-6-17-38(46(55)75)67-49(78)42(24-33-27-64-37-16-5-4-15-36(33)37)69-48(77)40(19-10-22-63-54(58)59)68-50(79)41(23-32-13-8-12-31-11-2-3-14-35(31)32)70-51(80)43(71-52(44)81)25-34-28-60-29-65-34/h2-5,8,11-16,27-29,38-44,64H,6-7,9-10,17-26H2,1H3,(H2,55,75)(H,60,65)(H,61,74)(H,66,73)(H,67,78)(H,68,79)(H,69,77)(H,70,80)(H,71,81)(H,72,76)(H4,56,57,62)(H4,58,59,63). The number of para-hydroxylation sites is 1. The summed E-state index contributed by atoms with van der Waals surface area (Å²) in [6, 6.07) is 10.3. The molecule has 27 nitrogen and oxygen atoms in total. The summed E-state index contributed by atoms with van der Waals surface area (Å²) < 4.78 is 0. The molecule has 0 spiro atoms. The van der Waals surface area contributed by atoms with Crippen LogP contribution in [-0.2, 0) is 62.4 Å². The molecule has 81 heavy (non-hydrogen) atoms. The van der Waals surface area contributed by atoms with Gasteiger partial charge in [-0.15, -0.1) is 0 Å².